The Morgan fingerprint density at radius 3 is 2.72 bits per heavy atom. The molecule has 1 aliphatic heterocycles. The van der Waals surface area contributed by atoms with Crippen molar-refractivity contribution < 1.29 is 13.9 Å². The first kappa shape index (κ1) is 12.8. The first-order chi connectivity index (χ1) is 8.66. The molecule has 1 aliphatic rings. The fourth-order valence-electron chi connectivity index (χ4n) is 2.06. The van der Waals surface area contributed by atoms with Gasteiger partial charge in [0, 0.05) is 13.1 Å². The second-order valence-electron chi connectivity index (χ2n) is 4.46. The van der Waals surface area contributed by atoms with Gasteiger partial charge in [-0.15, -0.1) is 0 Å². The predicted molar refractivity (Wildman–Crippen MR) is 64.7 cm³/mol. The van der Waals surface area contributed by atoms with E-state index in [1.54, 1.807) is 6.92 Å². The molecule has 2 rings (SSSR count). The van der Waals surface area contributed by atoms with Gasteiger partial charge in [0.05, 0.1) is 6.20 Å². The molecule has 0 spiro atoms. The van der Waals surface area contributed by atoms with Crippen molar-refractivity contribution in [3.8, 4) is 5.75 Å². The van der Waals surface area contributed by atoms with Crippen LogP contribution in [0.5, 0.6) is 5.75 Å². The Morgan fingerprint density at radius 2 is 2.11 bits per heavy atom. The van der Waals surface area contributed by atoms with Crippen LogP contribution < -0.4 is 4.74 Å². The van der Waals surface area contributed by atoms with Crippen LogP contribution in [-0.4, -0.2) is 35.0 Å². The summed E-state index contributed by atoms with van der Waals surface area (Å²) in [5, 5.41) is 0. The SMILES string of the molecule is CC(Oc1ccc(F)nc1)C(=O)N1CCCCC1. The van der Waals surface area contributed by atoms with Crippen LogP contribution in [-0.2, 0) is 4.79 Å². The lowest BCUT2D eigenvalue weighted by atomic mass is 10.1. The highest BCUT2D eigenvalue weighted by atomic mass is 19.1. The zero-order valence-electron chi connectivity index (χ0n) is 10.4. The molecule has 0 saturated carbocycles. The molecule has 0 aliphatic carbocycles. The van der Waals surface area contributed by atoms with Crippen LogP contribution in [0.3, 0.4) is 0 Å². The average molecular weight is 252 g/mol. The van der Waals surface area contributed by atoms with Crippen LogP contribution in [0.15, 0.2) is 18.3 Å². The minimum atomic E-state index is -0.560. The Bertz CT molecular complexity index is 402. The zero-order chi connectivity index (χ0) is 13.0. The van der Waals surface area contributed by atoms with Gasteiger partial charge in [0.15, 0.2) is 6.10 Å². The molecule has 98 valence electrons. The fourth-order valence-corrected chi connectivity index (χ4v) is 2.06. The Balaban J connectivity index is 1.92. The normalized spacial score (nSPS) is 17.3. The smallest absolute Gasteiger partial charge is 0.263 e. The molecule has 0 aromatic carbocycles. The summed E-state index contributed by atoms with van der Waals surface area (Å²) in [7, 11) is 0. The molecule has 0 bridgehead atoms. The molecule has 4 nitrogen and oxygen atoms in total. The Hall–Kier alpha value is -1.65. The molecule has 1 unspecified atom stereocenters. The number of hydrogen-bond donors (Lipinski definition) is 0. The lowest BCUT2D eigenvalue weighted by molar-refractivity contribution is -0.138. The molecular weight excluding hydrogens is 235 g/mol. The maximum atomic E-state index is 12.6. The molecule has 1 aromatic rings. The summed E-state index contributed by atoms with van der Waals surface area (Å²) in [6.07, 6.45) is 4.01. The number of rotatable bonds is 3. The number of halogens is 1. The quantitative estimate of drug-likeness (QED) is 0.773. The molecule has 18 heavy (non-hydrogen) atoms. The summed E-state index contributed by atoms with van der Waals surface area (Å²) >= 11 is 0. The lowest BCUT2D eigenvalue weighted by Gasteiger charge is -2.29. The number of carbonyl (C=O) groups is 1. The van der Waals surface area contributed by atoms with Crippen molar-refractivity contribution in [2.45, 2.75) is 32.3 Å². The van der Waals surface area contributed by atoms with Crippen LogP contribution >= 0.6 is 0 Å². The van der Waals surface area contributed by atoms with E-state index in [0.29, 0.717) is 5.75 Å². The molecular formula is C13H17FN2O2. The highest BCUT2D eigenvalue weighted by Crippen LogP contribution is 2.14. The van der Waals surface area contributed by atoms with Crippen LogP contribution in [0.1, 0.15) is 26.2 Å². The Morgan fingerprint density at radius 1 is 1.39 bits per heavy atom. The van der Waals surface area contributed by atoms with Gasteiger partial charge in [-0.1, -0.05) is 0 Å². The third-order valence-electron chi connectivity index (χ3n) is 3.03. The van der Waals surface area contributed by atoms with Crippen molar-refractivity contribution in [2.24, 2.45) is 0 Å². The van der Waals surface area contributed by atoms with E-state index in [-0.39, 0.29) is 5.91 Å². The summed E-state index contributed by atoms with van der Waals surface area (Å²) in [5.41, 5.74) is 0. The van der Waals surface area contributed by atoms with E-state index in [4.69, 9.17) is 4.74 Å². The maximum Gasteiger partial charge on any atom is 0.263 e. The minimum absolute atomic E-state index is 0.0148. The third kappa shape index (κ3) is 3.18. The van der Waals surface area contributed by atoms with Crippen LogP contribution in [0.2, 0.25) is 0 Å². The highest BCUT2D eigenvalue weighted by Gasteiger charge is 2.23. The molecule has 2 heterocycles. The molecule has 1 aromatic heterocycles. The van der Waals surface area contributed by atoms with Gasteiger partial charge in [-0.2, -0.15) is 4.39 Å². The molecule has 1 atom stereocenters. The summed E-state index contributed by atoms with van der Waals surface area (Å²) < 4.78 is 18.1. The van der Waals surface area contributed by atoms with Crippen molar-refractivity contribution in [1.29, 1.82) is 0 Å². The lowest BCUT2D eigenvalue weighted by Crippen LogP contribution is -2.43. The number of piperidine rings is 1. The van der Waals surface area contributed by atoms with E-state index >= 15 is 0 Å². The highest BCUT2D eigenvalue weighted by molar-refractivity contribution is 5.80. The summed E-state index contributed by atoms with van der Waals surface area (Å²) in [6.45, 7) is 3.31. The third-order valence-corrected chi connectivity index (χ3v) is 3.03. The number of ether oxygens (including phenoxy) is 1. The minimum Gasteiger partial charge on any atom is -0.479 e. The van der Waals surface area contributed by atoms with Gasteiger partial charge >= 0.3 is 0 Å². The summed E-state index contributed by atoms with van der Waals surface area (Å²) in [5.74, 6) is -0.161. The van der Waals surface area contributed by atoms with E-state index in [1.807, 2.05) is 4.90 Å². The molecule has 0 N–H and O–H groups in total. The van der Waals surface area contributed by atoms with Crippen molar-refractivity contribution in [3.05, 3.63) is 24.3 Å². The van der Waals surface area contributed by atoms with Gasteiger partial charge in [-0.3, -0.25) is 4.79 Å². The van der Waals surface area contributed by atoms with E-state index in [1.165, 1.54) is 24.8 Å². The van der Waals surface area contributed by atoms with E-state index in [0.717, 1.165) is 25.9 Å². The fraction of sp³-hybridized carbons (Fsp3) is 0.538. The number of aromatic nitrogens is 1. The van der Waals surface area contributed by atoms with E-state index in [2.05, 4.69) is 4.98 Å². The molecule has 1 fully saturated rings. The Labute approximate surface area is 106 Å². The standard InChI is InChI=1S/C13H17FN2O2/c1-10(13(17)16-7-3-2-4-8-16)18-11-5-6-12(14)15-9-11/h5-6,9-10H,2-4,7-8H2,1H3. The van der Waals surface area contributed by atoms with Crippen LogP contribution in [0.25, 0.3) is 0 Å². The molecule has 5 heteroatoms. The molecule has 1 saturated heterocycles. The van der Waals surface area contributed by atoms with Crippen LogP contribution in [0.4, 0.5) is 4.39 Å². The Kier molecular flexibility index (Phi) is 4.12. The van der Waals surface area contributed by atoms with Crippen molar-refractivity contribution in [2.75, 3.05) is 13.1 Å². The van der Waals surface area contributed by atoms with Crippen molar-refractivity contribution in [3.63, 3.8) is 0 Å². The largest absolute Gasteiger partial charge is 0.479 e. The van der Waals surface area contributed by atoms with Gasteiger partial charge in [0.1, 0.15) is 5.75 Å². The number of pyridine rings is 1. The van der Waals surface area contributed by atoms with Gasteiger partial charge in [0.2, 0.25) is 5.95 Å². The monoisotopic (exact) mass is 252 g/mol. The second-order valence-corrected chi connectivity index (χ2v) is 4.46. The molecule has 1 amide bonds. The molecule has 0 radical (unpaired) electrons. The average Bonchev–Trinajstić information content (AvgIpc) is 2.41. The topological polar surface area (TPSA) is 42.4 Å². The number of amides is 1. The van der Waals surface area contributed by atoms with Crippen molar-refractivity contribution in [1.82, 2.24) is 9.88 Å². The number of hydrogen-bond acceptors (Lipinski definition) is 3. The van der Waals surface area contributed by atoms with Gasteiger partial charge in [0.25, 0.3) is 5.91 Å². The number of nitrogens with zero attached hydrogens (tertiary/aromatic N) is 2. The maximum absolute atomic E-state index is 12.6. The first-order valence-electron chi connectivity index (χ1n) is 6.24. The van der Waals surface area contributed by atoms with E-state index < -0.39 is 12.1 Å². The second kappa shape index (κ2) is 5.80. The first-order valence-corrected chi connectivity index (χ1v) is 6.24. The van der Waals surface area contributed by atoms with Crippen LogP contribution in [0, 0.1) is 5.95 Å². The zero-order valence-corrected chi connectivity index (χ0v) is 10.4. The van der Waals surface area contributed by atoms with Gasteiger partial charge in [-0.05, 0) is 38.3 Å². The van der Waals surface area contributed by atoms with Gasteiger partial charge < -0.3 is 9.64 Å². The summed E-state index contributed by atoms with van der Waals surface area (Å²) in [4.78, 5) is 17.4. The van der Waals surface area contributed by atoms with Crippen molar-refractivity contribution >= 4 is 5.91 Å². The van der Waals surface area contributed by atoms with Gasteiger partial charge in [-0.25, -0.2) is 4.98 Å². The summed E-state index contributed by atoms with van der Waals surface area (Å²) in [6, 6.07) is 2.69. The van der Waals surface area contributed by atoms with E-state index in [9.17, 15) is 9.18 Å². The number of carbonyl (C=O) groups excluding carboxylic acids is 1. The number of likely N-dealkylation sites (tertiary alicyclic amines) is 1. The predicted octanol–water partition coefficient (Wildman–Crippen LogP) is 2.00.